The van der Waals surface area contributed by atoms with Crippen molar-refractivity contribution in [1.29, 1.82) is 0 Å². The molecule has 4 aromatic rings. The number of hydrogen-bond donors (Lipinski definition) is 1. The molecule has 0 saturated heterocycles. The van der Waals surface area contributed by atoms with Crippen LogP contribution >= 0.6 is 23.1 Å². The molecule has 1 amide bonds. The highest BCUT2D eigenvalue weighted by atomic mass is 32.2. The molecule has 0 spiro atoms. The summed E-state index contributed by atoms with van der Waals surface area (Å²) in [7, 11) is 0. The van der Waals surface area contributed by atoms with Crippen molar-refractivity contribution in [2.75, 3.05) is 11.1 Å². The fraction of sp³-hybridized carbons (Fsp3) is 0.269. The Hall–Kier alpha value is -2.74. The molecule has 5 rings (SSSR count). The van der Waals surface area contributed by atoms with E-state index in [1.165, 1.54) is 22.2 Å². The number of carbonyl (C=O) groups is 1. The molecule has 168 valence electrons. The SMILES string of the molecule is Cc1ccccc1NC(=O)CSc1nc(-c2ccccc2)nc2sc3c(c12)CC(C)(C)OC3. The molecule has 0 aliphatic carbocycles. The molecule has 1 aliphatic rings. The lowest BCUT2D eigenvalue weighted by atomic mass is 9.94. The fourth-order valence-electron chi connectivity index (χ4n) is 3.97. The third-order valence-corrected chi connectivity index (χ3v) is 7.76. The van der Waals surface area contributed by atoms with Crippen LogP contribution < -0.4 is 5.32 Å². The van der Waals surface area contributed by atoms with E-state index in [4.69, 9.17) is 14.7 Å². The van der Waals surface area contributed by atoms with E-state index in [9.17, 15) is 4.79 Å². The van der Waals surface area contributed by atoms with Gasteiger partial charge in [0.25, 0.3) is 0 Å². The van der Waals surface area contributed by atoms with Gasteiger partial charge in [0.1, 0.15) is 9.86 Å². The van der Waals surface area contributed by atoms with E-state index in [1.54, 1.807) is 11.3 Å². The van der Waals surface area contributed by atoms with Gasteiger partial charge in [0.15, 0.2) is 5.82 Å². The normalized spacial score (nSPS) is 14.8. The summed E-state index contributed by atoms with van der Waals surface area (Å²) >= 11 is 3.14. The number of amides is 1. The van der Waals surface area contributed by atoms with Crippen LogP contribution in [0.4, 0.5) is 5.69 Å². The zero-order valence-electron chi connectivity index (χ0n) is 18.8. The average Bonchev–Trinajstić information content (AvgIpc) is 3.16. The number of carbonyl (C=O) groups excluding carboxylic acids is 1. The van der Waals surface area contributed by atoms with E-state index in [-0.39, 0.29) is 17.3 Å². The molecule has 0 radical (unpaired) electrons. The summed E-state index contributed by atoms with van der Waals surface area (Å²) in [5.74, 6) is 0.915. The van der Waals surface area contributed by atoms with Crippen molar-refractivity contribution in [3.8, 4) is 11.4 Å². The van der Waals surface area contributed by atoms with E-state index in [0.717, 1.165) is 38.5 Å². The number of fused-ring (bicyclic) bond motifs is 3. The molecule has 3 heterocycles. The summed E-state index contributed by atoms with van der Waals surface area (Å²) in [6, 6.07) is 17.8. The van der Waals surface area contributed by atoms with Crippen LogP contribution in [0.2, 0.25) is 0 Å². The number of hydrogen-bond acceptors (Lipinski definition) is 6. The van der Waals surface area contributed by atoms with Crippen molar-refractivity contribution >= 4 is 44.9 Å². The summed E-state index contributed by atoms with van der Waals surface area (Å²) in [4.78, 5) is 24.8. The largest absolute Gasteiger partial charge is 0.370 e. The number of thioether (sulfide) groups is 1. The first-order valence-electron chi connectivity index (χ1n) is 10.9. The van der Waals surface area contributed by atoms with Gasteiger partial charge in [-0.1, -0.05) is 60.3 Å². The highest BCUT2D eigenvalue weighted by Crippen LogP contribution is 2.42. The number of para-hydroxylation sites is 1. The topological polar surface area (TPSA) is 64.1 Å². The van der Waals surface area contributed by atoms with Gasteiger partial charge in [-0.2, -0.15) is 0 Å². The predicted molar refractivity (Wildman–Crippen MR) is 136 cm³/mol. The van der Waals surface area contributed by atoms with Crippen LogP contribution in [0.1, 0.15) is 29.9 Å². The Morgan fingerprint density at radius 1 is 1.12 bits per heavy atom. The zero-order valence-corrected chi connectivity index (χ0v) is 20.5. The molecule has 0 atom stereocenters. The first-order chi connectivity index (χ1) is 15.9. The quantitative estimate of drug-likeness (QED) is 0.273. The summed E-state index contributed by atoms with van der Waals surface area (Å²) in [5.41, 5.74) is 3.87. The standard InChI is InChI=1S/C26H25N3O2S2/c1-16-9-7-8-12-19(16)27-21(30)15-32-24-22-18-13-26(2,3)31-14-20(18)33-25(22)29-23(28-24)17-10-5-4-6-11-17/h4-12H,13-15H2,1-3H3,(H,27,30). The van der Waals surface area contributed by atoms with Crippen molar-refractivity contribution in [2.24, 2.45) is 0 Å². The van der Waals surface area contributed by atoms with Gasteiger partial charge in [-0.3, -0.25) is 4.79 Å². The van der Waals surface area contributed by atoms with Crippen LogP contribution in [0.15, 0.2) is 59.6 Å². The molecule has 2 aromatic carbocycles. The van der Waals surface area contributed by atoms with Crippen LogP contribution in [0.3, 0.4) is 0 Å². The fourth-order valence-corrected chi connectivity index (χ4v) is 5.99. The smallest absolute Gasteiger partial charge is 0.234 e. The van der Waals surface area contributed by atoms with Crippen molar-refractivity contribution in [3.63, 3.8) is 0 Å². The van der Waals surface area contributed by atoms with E-state index in [0.29, 0.717) is 12.4 Å². The first-order valence-corrected chi connectivity index (χ1v) is 12.7. The zero-order chi connectivity index (χ0) is 23.0. The van der Waals surface area contributed by atoms with E-state index in [1.807, 2.05) is 61.5 Å². The second kappa shape index (κ2) is 8.89. The summed E-state index contributed by atoms with van der Waals surface area (Å²) in [5, 5.41) is 4.95. The Morgan fingerprint density at radius 3 is 2.67 bits per heavy atom. The van der Waals surface area contributed by atoms with Gasteiger partial charge in [0.2, 0.25) is 5.91 Å². The van der Waals surface area contributed by atoms with Crippen LogP contribution in [-0.4, -0.2) is 27.2 Å². The monoisotopic (exact) mass is 475 g/mol. The second-order valence-corrected chi connectivity index (χ2v) is 10.8. The molecule has 5 nitrogen and oxygen atoms in total. The highest BCUT2D eigenvalue weighted by molar-refractivity contribution is 8.00. The third kappa shape index (κ3) is 4.67. The maximum Gasteiger partial charge on any atom is 0.234 e. The molecule has 0 fully saturated rings. The van der Waals surface area contributed by atoms with Crippen LogP contribution in [0, 0.1) is 6.92 Å². The number of benzene rings is 2. The molecule has 1 aliphatic heterocycles. The van der Waals surface area contributed by atoms with Crippen molar-refractivity contribution in [2.45, 2.75) is 44.4 Å². The molecule has 33 heavy (non-hydrogen) atoms. The van der Waals surface area contributed by atoms with Crippen LogP contribution in [0.25, 0.3) is 21.6 Å². The number of thiophene rings is 1. The van der Waals surface area contributed by atoms with Gasteiger partial charge >= 0.3 is 0 Å². The summed E-state index contributed by atoms with van der Waals surface area (Å²) in [6.07, 6.45) is 0.805. The number of nitrogens with zero attached hydrogens (tertiary/aromatic N) is 2. The lowest BCUT2D eigenvalue weighted by Crippen LogP contribution is -2.31. The third-order valence-electron chi connectivity index (χ3n) is 5.69. The minimum Gasteiger partial charge on any atom is -0.370 e. The molecule has 0 bridgehead atoms. The predicted octanol–water partition coefficient (Wildman–Crippen LogP) is 6.25. The van der Waals surface area contributed by atoms with E-state index in [2.05, 4.69) is 19.2 Å². The van der Waals surface area contributed by atoms with E-state index >= 15 is 0 Å². The lowest BCUT2D eigenvalue weighted by Gasteiger charge is -2.30. The average molecular weight is 476 g/mol. The Morgan fingerprint density at radius 2 is 1.88 bits per heavy atom. The maximum atomic E-state index is 12.8. The number of rotatable bonds is 5. The molecular weight excluding hydrogens is 450 g/mol. The Balaban J connectivity index is 1.50. The van der Waals surface area contributed by atoms with Crippen molar-refractivity contribution in [3.05, 3.63) is 70.6 Å². The second-order valence-electron chi connectivity index (χ2n) is 8.78. The minimum atomic E-state index is -0.233. The minimum absolute atomic E-state index is 0.0462. The molecular formula is C26H25N3O2S2. The van der Waals surface area contributed by atoms with Crippen molar-refractivity contribution in [1.82, 2.24) is 9.97 Å². The summed E-state index contributed by atoms with van der Waals surface area (Å²) in [6.45, 7) is 6.80. The van der Waals surface area contributed by atoms with Crippen LogP contribution in [0.5, 0.6) is 0 Å². The molecule has 0 saturated carbocycles. The Labute approximate surface area is 201 Å². The summed E-state index contributed by atoms with van der Waals surface area (Å²) < 4.78 is 6.04. The molecule has 2 aromatic heterocycles. The first kappa shape index (κ1) is 22.1. The number of aryl methyl sites for hydroxylation is 1. The van der Waals surface area contributed by atoms with E-state index < -0.39 is 0 Å². The van der Waals surface area contributed by atoms with Gasteiger partial charge in [-0.25, -0.2) is 9.97 Å². The van der Waals surface area contributed by atoms with Gasteiger partial charge in [-0.05, 0) is 38.0 Å². The Bertz CT molecular complexity index is 1330. The molecule has 0 unspecified atom stereocenters. The number of ether oxygens (including phenoxy) is 1. The number of aromatic nitrogens is 2. The maximum absolute atomic E-state index is 12.8. The Kier molecular flexibility index (Phi) is 5.95. The van der Waals surface area contributed by atoms with Gasteiger partial charge in [0, 0.05) is 27.9 Å². The van der Waals surface area contributed by atoms with Gasteiger partial charge in [-0.15, -0.1) is 11.3 Å². The van der Waals surface area contributed by atoms with Gasteiger partial charge < -0.3 is 10.1 Å². The molecule has 7 heteroatoms. The lowest BCUT2D eigenvalue weighted by molar-refractivity contribution is -0.113. The molecule has 1 N–H and O–H groups in total. The van der Waals surface area contributed by atoms with Crippen LogP contribution in [-0.2, 0) is 22.6 Å². The van der Waals surface area contributed by atoms with Crippen molar-refractivity contribution < 1.29 is 9.53 Å². The number of anilines is 1. The number of nitrogens with one attached hydrogen (secondary N) is 1. The van der Waals surface area contributed by atoms with Gasteiger partial charge in [0.05, 0.1) is 18.0 Å². The highest BCUT2D eigenvalue weighted by Gasteiger charge is 2.31.